The Bertz CT molecular complexity index is 705. The fourth-order valence-electron chi connectivity index (χ4n) is 4.24. The van der Waals surface area contributed by atoms with Crippen molar-refractivity contribution >= 4 is 11.5 Å². The van der Waals surface area contributed by atoms with E-state index in [9.17, 15) is 10.0 Å². The van der Waals surface area contributed by atoms with Crippen LogP contribution in [-0.4, -0.2) is 28.1 Å². The van der Waals surface area contributed by atoms with Gasteiger partial charge in [-0.25, -0.2) is 0 Å². The zero-order valence-corrected chi connectivity index (χ0v) is 12.7. The second-order valence-corrected chi connectivity index (χ2v) is 6.67. The highest BCUT2D eigenvalue weighted by molar-refractivity contribution is 6.23. The average molecular weight is 296 g/mol. The third-order valence-electron chi connectivity index (χ3n) is 5.20. The molecule has 1 N–H and O–H groups in total. The standard InChI is InChI=1S/C18H20N2O2/c1-11-8-16-18(17(21)9-11)14(19-22)10-15-13-5-3-2-4-12(13)6-7-20(15)16/h2-5,11,15,22H,6-10H2,1H3/t11-,15+/m1/s1. The Hall–Kier alpha value is -2.10. The molecule has 1 aromatic rings. The van der Waals surface area contributed by atoms with E-state index in [0.29, 0.717) is 30.0 Å². The molecular weight excluding hydrogens is 276 g/mol. The predicted octanol–water partition coefficient (Wildman–Crippen LogP) is 3.07. The van der Waals surface area contributed by atoms with Gasteiger partial charge in [-0.1, -0.05) is 36.3 Å². The fourth-order valence-corrected chi connectivity index (χ4v) is 4.24. The number of fused-ring (bicyclic) bond motifs is 4. The molecule has 2 aliphatic heterocycles. The van der Waals surface area contributed by atoms with Crippen molar-refractivity contribution in [3.8, 4) is 0 Å². The second-order valence-electron chi connectivity index (χ2n) is 6.67. The minimum atomic E-state index is 0.138. The maximum atomic E-state index is 12.5. The minimum Gasteiger partial charge on any atom is -0.411 e. The van der Waals surface area contributed by atoms with Crippen LogP contribution >= 0.6 is 0 Å². The first kappa shape index (κ1) is 13.6. The van der Waals surface area contributed by atoms with E-state index in [4.69, 9.17) is 0 Å². The van der Waals surface area contributed by atoms with Crippen LogP contribution in [0.1, 0.15) is 43.4 Å². The molecule has 0 amide bonds. The number of ketones is 1. The van der Waals surface area contributed by atoms with Gasteiger partial charge >= 0.3 is 0 Å². The summed E-state index contributed by atoms with van der Waals surface area (Å²) in [6, 6.07) is 8.70. The van der Waals surface area contributed by atoms with Crippen molar-refractivity contribution in [2.45, 2.75) is 38.6 Å². The SMILES string of the molecule is C[C@H]1CC(=O)C2=C(C1)N1CCc3ccccc3[C@@H]1CC2=NO. The molecule has 4 nitrogen and oxygen atoms in total. The molecule has 1 aliphatic carbocycles. The highest BCUT2D eigenvalue weighted by atomic mass is 16.4. The normalized spacial score (nSPS) is 29.2. The molecule has 114 valence electrons. The number of nitrogens with zero attached hydrogens (tertiary/aromatic N) is 2. The molecular formula is C18H20N2O2. The van der Waals surface area contributed by atoms with Crippen molar-refractivity contribution in [3.05, 3.63) is 46.7 Å². The highest BCUT2D eigenvalue weighted by Gasteiger charge is 2.41. The third-order valence-corrected chi connectivity index (χ3v) is 5.20. The first-order valence-corrected chi connectivity index (χ1v) is 8.01. The van der Waals surface area contributed by atoms with Crippen molar-refractivity contribution in [1.82, 2.24) is 4.90 Å². The van der Waals surface area contributed by atoms with E-state index in [1.54, 1.807) is 0 Å². The molecule has 2 heterocycles. The summed E-state index contributed by atoms with van der Waals surface area (Å²) in [6.45, 7) is 3.07. The molecule has 0 fully saturated rings. The third kappa shape index (κ3) is 1.90. The van der Waals surface area contributed by atoms with Gasteiger partial charge in [0.05, 0.1) is 17.3 Å². The Kier molecular flexibility index (Phi) is 3.06. The molecule has 2 atom stereocenters. The number of carbonyl (C=O) groups is 1. The van der Waals surface area contributed by atoms with Crippen LogP contribution in [0.5, 0.6) is 0 Å². The van der Waals surface area contributed by atoms with Crippen LogP contribution in [0.25, 0.3) is 0 Å². The topological polar surface area (TPSA) is 52.9 Å². The Labute approximate surface area is 130 Å². The highest BCUT2D eigenvalue weighted by Crippen LogP contribution is 2.44. The van der Waals surface area contributed by atoms with Crippen LogP contribution in [0.4, 0.5) is 0 Å². The van der Waals surface area contributed by atoms with Crippen molar-refractivity contribution in [3.63, 3.8) is 0 Å². The Balaban J connectivity index is 1.85. The van der Waals surface area contributed by atoms with Gasteiger partial charge in [0.25, 0.3) is 0 Å². The number of allylic oxidation sites excluding steroid dienone is 2. The van der Waals surface area contributed by atoms with Crippen LogP contribution in [0, 0.1) is 5.92 Å². The van der Waals surface area contributed by atoms with Gasteiger partial charge < -0.3 is 10.1 Å². The molecule has 0 saturated carbocycles. The van der Waals surface area contributed by atoms with Gasteiger partial charge in [-0.05, 0) is 29.9 Å². The lowest BCUT2D eigenvalue weighted by molar-refractivity contribution is -0.116. The molecule has 0 bridgehead atoms. The predicted molar refractivity (Wildman–Crippen MR) is 83.9 cm³/mol. The first-order valence-electron chi connectivity index (χ1n) is 8.01. The smallest absolute Gasteiger partial charge is 0.166 e. The van der Waals surface area contributed by atoms with E-state index in [1.165, 1.54) is 11.1 Å². The quantitative estimate of drug-likeness (QED) is 0.591. The van der Waals surface area contributed by atoms with Gasteiger partial charge in [0.1, 0.15) is 0 Å². The van der Waals surface area contributed by atoms with Gasteiger partial charge in [0, 0.05) is 25.1 Å². The van der Waals surface area contributed by atoms with E-state index in [0.717, 1.165) is 25.1 Å². The largest absolute Gasteiger partial charge is 0.411 e. The second kappa shape index (κ2) is 4.97. The first-order chi connectivity index (χ1) is 10.7. The number of carbonyl (C=O) groups excluding carboxylic acids is 1. The van der Waals surface area contributed by atoms with Crippen LogP contribution in [0.2, 0.25) is 0 Å². The lowest BCUT2D eigenvalue weighted by Crippen LogP contribution is -2.44. The molecule has 4 heteroatoms. The van der Waals surface area contributed by atoms with Gasteiger partial charge in [-0.3, -0.25) is 4.79 Å². The van der Waals surface area contributed by atoms with E-state index in [1.807, 2.05) is 0 Å². The summed E-state index contributed by atoms with van der Waals surface area (Å²) >= 11 is 0. The van der Waals surface area contributed by atoms with Crippen molar-refractivity contribution in [2.24, 2.45) is 11.1 Å². The maximum Gasteiger partial charge on any atom is 0.166 e. The molecule has 0 radical (unpaired) electrons. The number of rotatable bonds is 0. The van der Waals surface area contributed by atoms with Crippen molar-refractivity contribution in [2.75, 3.05) is 6.54 Å². The van der Waals surface area contributed by atoms with Crippen LogP contribution in [0.15, 0.2) is 40.7 Å². The number of oxime groups is 1. The molecule has 1 aromatic carbocycles. The van der Waals surface area contributed by atoms with E-state index in [-0.39, 0.29) is 11.8 Å². The molecule has 22 heavy (non-hydrogen) atoms. The number of hydrogen-bond acceptors (Lipinski definition) is 4. The summed E-state index contributed by atoms with van der Waals surface area (Å²) in [5, 5.41) is 12.9. The van der Waals surface area contributed by atoms with Crippen molar-refractivity contribution < 1.29 is 10.0 Å². The van der Waals surface area contributed by atoms with Gasteiger partial charge in [-0.2, -0.15) is 0 Å². The van der Waals surface area contributed by atoms with Crippen molar-refractivity contribution in [1.29, 1.82) is 0 Å². The minimum absolute atomic E-state index is 0.138. The summed E-state index contributed by atoms with van der Waals surface area (Å²) in [4.78, 5) is 14.8. The summed E-state index contributed by atoms with van der Waals surface area (Å²) in [6.07, 6.45) is 3.09. The molecule has 3 aliphatic rings. The van der Waals surface area contributed by atoms with Gasteiger partial charge in [-0.15, -0.1) is 0 Å². The lowest BCUT2D eigenvalue weighted by atomic mass is 9.77. The van der Waals surface area contributed by atoms with E-state index >= 15 is 0 Å². The summed E-state index contributed by atoms with van der Waals surface area (Å²) in [5.41, 5.74) is 5.05. The molecule has 0 unspecified atom stereocenters. The maximum absolute atomic E-state index is 12.5. The number of benzene rings is 1. The zero-order valence-electron chi connectivity index (χ0n) is 12.7. The molecule has 0 aromatic heterocycles. The number of Topliss-reactive ketones (excluding diaryl/α,β-unsaturated/α-hetero) is 1. The zero-order chi connectivity index (χ0) is 15.3. The van der Waals surface area contributed by atoms with E-state index in [2.05, 4.69) is 41.2 Å². The monoisotopic (exact) mass is 296 g/mol. The van der Waals surface area contributed by atoms with Crippen LogP contribution in [0.3, 0.4) is 0 Å². The molecule has 0 spiro atoms. The lowest BCUT2D eigenvalue weighted by Gasteiger charge is -2.46. The number of hydrogen-bond donors (Lipinski definition) is 1. The molecule has 0 saturated heterocycles. The van der Waals surface area contributed by atoms with E-state index < -0.39 is 0 Å². The molecule has 4 rings (SSSR count). The Morgan fingerprint density at radius 2 is 2.05 bits per heavy atom. The average Bonchev–Trinajstić information content (AvgIpc) is 2.53. The Morgan fingerprint density at radius 3 is 2.86 bits per heavy atom. The van der Waals surface area contributed by atoms with Crippen LogP contribution < -0.4 is 0 Å². The van der Waals surface area contributed by atoms with Gasteiger partial charge in [0.15, 0.2) is 5.78 Å². The summed E-state index contributed by atoms with van der Waals surface area (Å²) in [7, 11) is 0. The fraction of sp³-hybridized carbons (Fsp3) is 0.444. The van der Waals surface area contributed by atoms with Gasteiger partial charge in [0.2, 0.25) is 0 Å². The summed E-state index contributed by atoms with van der Waals surface area (Å²) < 4.78 is 0. The Morgan fingerprint density at radius 1 is 1.23 bits per heavy atom. The van der Waals surface area contributed by atoms with Crippen LogP contribution in [-0.2, 0) is 11.2 Å². The summed E-state index contributed by atoms with van der Waals surface area (Å²) in [5.74, 6) is 0.501.